The van der Waals surface area contributed by atoms with Crippen LogP contribution in [0.4, 0.5) is 17.1 Å². The van der Waals surface area contributed by atoms with Crippen LogP contribution in [-0.2, 0) is 43.9 Å². The average molecular weight is 573 g/mol. The number of methoxy groups -OCH3 is 3. The monoisotopic (exact) mass is 572 g/mol. The molecule has 0 fully saturated rings. The maximum absolute atomic E-state index is 13.2. The Bertz CT molecular complexity index is 1370. The number of esters is 1. The molecule has 14 nitrogen and oxygen atoms in total. The van der Waals surface area contributed by atoms with Crippen LogP contribution >= 0.6 is 0 Å². The highest BCUT2D eigenvalue weighted by Gasteiger charge is 2.21. The minimum absolute atomic E-state index is 0.0328. The van der Waals surface area contributed by atoms with Gasteiger partial charge in [-0.15, -0.1) is 0 Å². The van der Waals surface area contributed by atoms with E-state index in [1.807, 2.05) is 6.92 Å². The molecule has 0 aromatic carbocycles. The Morgan fingerprint density at radius 3 is 1.49 bits per heavy atom. The fraction of sp³-hybridized carbons (Fsp3) is 0.407. The summed E-state index contributed by atoms with van der Waals surface area (Å²) in [6.07, 6.45) is 5.78. The molecule has 0 saturated carbocycles. The lowest BCUT2D eigenvalue weighted by atomic mass is 10.3. The highest BCUT2D eigenvalue weighted by molar-refractivity contribution is 6.07. The molecule has 3 amide bonds. The summed E-state index contributed by atoms with van der Waals surface area (Å²) < 4.78 is 25.2. The van der Waals surface area contributed by atoms with E-state index in [0.29, 0.717) is 29.9 Å². The van der Waals surface area contributed by atoms with Crippen molar-refractivity contribution in [2.75, 3.05) is 43.9 Å². The van der Waals surface area contributed by atoms with Crippen LogP contribution in [0.1, 0.15) is 58.2 Å². The molecular formula is C27H36N6O8. The number of aromatic nitrogens is 3. The molecule has 0 radical (unpaired) electrons. The zero-order chi connectivity index (χ0) is 29.9. The van der Waals surface area contributed by atoms with Gasteiger partial charge in [0.1, 0.15) is 37.3 Å². The van der Waals surface area contributed by atoms with Gasteiger partial charge in [0, 0.05) is 46.3 Å². The van der Waals surface area contributed by atoms with Crippen LogP contribution in [0.25, 0.3) is 0 Å². The highest BCUT2D eigenvalue weighted by atomic mass is 16.5. The maximum Gasteiger partial charge on any atom is 0.355 e. The summed E-state index contributed by atoms with van der Waals surface area (Å²) >= 11 is 0. The number of rotatable bonds is 15. The molecular weight excluding hydrogens is 536 g/mol. The summed E-state index contributed by atoms with van der Waals surface area (Å²) in [6.45, 7) is 3.99. The van der Waals surface area contributed by atoms with Crippen LogP contribution in [0.3, 0.4) is 0 Å². The van der Waals surface area contributed by atoms with Crippen molar-refractivity contribution in [1.29, 1.82) is 0 Å². The van der Waals surface area contributed by atoms with E-state index in [0.717, 1.165) is 0 Å². The second-order valence-corrected chi connectivity index (χ2v) is 8.93. The first kappa shape index (κ1) is 31.1. The lowest BCUT2D eigenvalue weighted by molar-refractivity contribution is -0.116. The molecule has 41 heavy (non-hydrogen) atoms. The van der Waals surface area contributed by atoms with Crippen molar-refractivity contribution in [2.24, 2.45) is 0 Å². The lowest BCUT2D eigenvalue weighted by Gasteiger charge is -2.07. The van der Waals surface area contributed by atoms with E-state index >= 15 is 0 Å². The van der Waals surface area contributed by atoms with Gasteiger partial charge in [-0.25, -0.2) is 4.79 Å². The van der Waals surface area contributed by atoms with Crippen LogP contribution in [0, 0.1) is 0 Å². The Labute approximate surface area is 237 Å². The Morgan fingerprint density at radius 1 is 0.659 bits per heavy atom. The van der Waals surface area contributed by atoms with E-state index in [1.54, 1.807) is 36.1 Å². The van der Waals surface area contributed by atoms with Crippen LogP contribution in [-0.4, -0.2) is 65.3 Å². The topological polar surface area (TPSA) is 156 Å². The van der Waals surface area contributed by atoms with E-state index in [9.17, 15) is 19.2 Å². The Morgan fingerprint density at radius 2 is 1.07 bits per heavy atom. The molecule has 0 saturated heterocycles. The largest absolute Gasteiger partial charge is 0.461 e. The molecule has 0 bridgehead atoms. The molecule has 0 aliphatic rings. The lowest BCUT2D eigenvalue weighted by Crippen LogP contribution is -2.17. The minimum Gasteiger partial charge on any atom is -0.461 e. The van der Waals surface area contributed by atoms with Gasteiger partial charge >= 0.3 is 5.97 Å². The smallest absolute Gasteiger partial charge is 0.355 e. The number of hydrogen-bond donors (Lipinski definition) is 3. The van der Waals surface area contributed by atoms with Crippen molar-refractivity contribution < 1.29 is 38.1 Å². The summed E-state index contributed by atoms with van der Waals surface area (Å²) in [5.41, 5.74) is 1.80. The Balaban J connectivity index is 1.82. The first-order valence-corrected chi connectivity index (χ1v) is 12.9. The molecule has 3 aromatic heterocycles. The maximum atomic E-state index is 13.2. The SMILES string of the molecule is CCCC(=O)Nc1cc(C(=O)Nc2cc(C(=O)Nc3cc(C(=O)OCC)n(COC)c3)n(COC)c2)n(COC)c1. The molecule has 3 aromatic rings. The van der Waals surface area contributed by atoms with Crippen molar-refractivity contribution in [1.82, 2.24) is 13.7 Å². The van der Waals surface area contributed by atoms with Gasteiger partial charge in [-0.05, 0) is 31.5 Å². The standard InChI is InChI=1S/C27H36N6O8/c1-6-8-24(34)28-18-9-21(31(12-18)15-38-3)25(35)29-19-10-22(32(13-19)16-39-4)26(36)30-20-11-23(27(37)41-7-2)33(14-20)17-40-5/h9-14H,6-8,15-17H2,1-5H3,(H,28,34)(H,29,35)(H,30,36). The fourth-order valence-corrected chi connectivity index (χ4v) is 4.07. The number of hydrogen-bond acceptors (Lipinski definition) is 8. The number of ether oxygens (including phenoxy) is 4. The van der Waals surface area contributed by atoms with Crippen LogP contribution in [0.15, 0.2) is 36.8 Å². The average Bonchev–Trinajstić information content (AvgIpc) is 3.62. The molecule has 0 atom stereocenters. The van der Waals surface area contributed by atoms with E-state index < -0.39 is 17.8 Å². The summed E-state index contributed by atoms with van der Waals surface area (Å²) in [7, 11) is 4.45. The van der Waals surface area contributed by atoms with Gasteiger partial charge in [0.05, 0.1) is 23.7 Å². The molecule has 0 spiro atoms. The van der Waals surface area contributed by atoms with Crippen LogP contribution < -0.4 is 16.0 Å². The predicted octanol–water partition coefficient (Wildman–Crippen LogP) is 3.32. The van der Waals surface area contributed by atoms with Crippen molar-refractivity contribution >= 4 is 40.8 Å². The summed E-state index contributed by atoms with van der Waals surface area (Å²) in [5.74, 6) is -1.69. The molecule has 14 heteroatoms. The zero-order valence-electron chi connectivity index (χ0n) is 23.8. The molecule has 0 aliphatic carbocycles. The van der Waals surface area contributed by atoms with Gasteiger partial charge in [-0.1, -0.05) is 6.92 Å². The van der Waals surface area contributed by atoms with Gasteiger partial charge in [0.15, 0.2) is 0 Å². The first-order chi connectivity index (χ1) is 19.7. The van der Waals surface area contributed by atoms with Crippen molar-refractivity contribution in [2.45, 2.75) is 46.9 Å². The van der Waals surface area contributed by atoms with Crippen molar-refractivity contribution in [3.8, 4) is 0 Å². The second kappa shape index (κ2) is 14.8. The third-order valence-electron chi connectivity index (χ3n) is 5.72. The van der Waals surface area contributed by atoms with Gasteiger partial charge in [0.25, 0.3) is 11.8 Å². The van der Waals surface area contributed by atoms with Crippen LogP contribution in [0.5, 0.6) is 0 Å². The zero-order valence-corrected chi connectivity index (χ0v) is 23.8. The fourth-order valence-electron chi connectivity index (χ4n) is 4.07. The van der Waals surface area contributed by atoms with Crippen molar-refractivity contribution in [3.63, 3.8) is 0 Å². The van der Waals surface area contributed by atoms with E-state index in [2.05, 4.69) is 16.0 Å². The van der Waals surface area contributed by atoms with E-state index in [-0.39, 0.29) is 49.8 Å². The number of carbonyl (C=O) groups is 4. The highest BCUT2D eigenvalue weighted by Crippen LogP contribution is 2.21. The molecule has 3 rings (SSSR count). The normalized spacial score (nSPS) is 10.9. The quantitative estimate of drug-likeness (QED) is 0.234. The summed E-state index contributed by atoms with van der Waals surface area (Å²) in [5, 5.41) is 8.30. The molecule has 0 aliphatic heterocycles. The Kier molecular flexibility index (Phi) is 11.3. The molecule has 3 N–H and O–H groups in total. The molecule has 3 heterocycles. The van der Waals surface area contributed by atoms with Gasteiger partial charge < -0.3 is 48.6 Å². The predicted molar refractivity (Wildman–Crippen MR) is 150 cm³/mol. The third-order valence-corrected chi connectivity index (χ3v) is 5.72. The number of anilines is 3. The Hall–Kier alpha value is -4.40. The number of carbonyl (C=O) groups excluding carboxylic acids is 4. The second-order valence-electron chi connectivity index (χ2n) is 8.93. The van der Waals surface area contributed by atoms with Gasteiger partial charge in [-0.2, -0.15) is 0 Å². The van der Waals surface area contributed by atoms with Gasteiger partial charge in [-0.3, -0.25) is 14.4 Å². The minimum atomic E-state index is -0.552. The first-order valence-electron chi connectivity index (χ1n) is 12.9. The molecule has 222 valence electrons. The van der Waals surface area contributed by atoms with E-state index in [1.165, 1.54) is 42.6 Å². The molecule has 0 unspecified atom stereocenters. The van der Waals surface area contributed by atoms with Crippen LogP contribution in [0.2, 0.25) is 0 Å². The number of amides is 3. The van der Waals surface area contributed by atoms with Crippen molar-refractivity contribution in [3.05, 3.63) is 53.9 Å². The van der Waals surface area contributed by atoms with Gasteiger partial charge in [0.2, 0.25) is 5.91 Å². The number of nitrogens with one attached hydrogen (secondary N) is 3. The number of nitrogens with zero attached hydrogens (tertiary/aromatic N) is 3. The summed E-state index contributed by atoms with van der Waals surface area (Å²) in [4.78, 5) is 50.8. The summed E-state index contributed by atoms with van der Waals surface area (Å²) in [6, 6.07) is 4.54. The third kappa shape index (κ3) is 8.06. The van der Waals surface area contributed by atoms with E-state index in [4.69, 9.17) is 18.9 Å².